The average molecular weight is 383 g/mol. The Bertz CT molecular complexity index is 546. The van der Waals surface area contributed by atoms with Crippen molar-refractivity contribution in [2.45, 2.75) is 70.2 Å². The average Bonchev–Trinajstić information content (AvgIpc) is 3.20. The number of aliphatic hydroxyl groups excluding tert-OH is 2. The van der Waals surface area contributed by atoms with E-state index in [1.54, 1.807) is 5.57 Å². The molecule has 0 aliphatic heterocycles. The van der Waals surface area contributed by atoms with Crippen LogP contribution < -0.4 is 0 Å². The van der Waals surface area contributed by atoms with Gasteiger partial charge in [0.1, 0.15) is 0 Å². The second-order valence-electron chi connectivity index (χ2n) is 9.70. The van der Waals surface area contributed by atoms with E-state index >= 15 is 0 Å². The zero-order valence-electron chi connectivity index (χ0n) is 14.7. The Balaban J connectivity index is 1.70. The van der Waals surface area contributed by atoms with Crippen molar-refractivity contribution in [3.05, 3.63) is 11.6 Å². The van der Waals surface area contributed by atoms with Crippen LogP contribution in [0.15, 0.2) is 11.6 Å². The molecule has 8 atom stereocenters. The lowest BCUT2D eigenvalue weighted by Gasteiger charge is -2.57. The fourth-order valence-electron chi connectivity index (χ4n) is 6.65. The number of hydrogen-bond donors (Lipinski definition) is 2. The van der Waals surface area contributed by atoms with E-state index in [-0.39, 0.29) is 23.0 Å². The van der Waals surface area contributed by atoms with Crippen molar-refractivity contribution in [2.75, 3.05) is 6.61 Å². The zero-order valence-corrected chi connectivity index (χ0v) is 16.3. The number of aliphatic hydroxyl groups is 2. The number of hydrogen-bond acceptors (Lipinski definition) is 2. The third-order valence-electron chi connectivity index (χ3n) is 8.43. The third kappa shape index (κ3) is 2.18. The molecule has 3 heteroatoms. The van der Waals surface area contributed by atoms with Gasteiger partial charge in [-0.1, -0.05) is 48.4 Å². The van der Waals surface area contributed by atoms with Crippen LogP contribution in [0.2, 0.25) is 0 Å². The van der Waals surface area contributed by atoms with E-state index in [1.165, 1.54) is 19.3 Å². The Morgan fingerprint density at radius 3 is 2.74 bits per heavy atom. The molecule has 8 unspecified atom stereocenters. The molecule has 23 heavy (non-hydrogen) atoms. The van der Waals surface area contributed by atoms with Crippen LogP contribution in [0.1, 0.15) is 59.3 Å². The van der Waals surface area contributed by atoms with E-state index in [9.17, 15) is 10.2 Å². The molecule has 0 amide bonds. The fourth-order valence-corrected chi connectivity index (χ4v) is 7.03. The minimum atomic E-state index is -0.200. The minimum absolute atomic E-state index is 0.0494. The second kappa shape index (κ2) is 5.08. The molecular weight excluding hydrogens is 352 g/mol. The van der Waals surface area contributed by atoms with Crippen LogP contribution in [0.5, 0.6) is 0 Å². The highest BCUT2D eigenvalue weighted by Crippen LogP contribution is 2.73. The van der Waals surface area contributed by atoms with Crippen molar-refractivity contribution in [2.24, 2.45) is 34.0 Å². The van der Waals surface area contributed by atoms with Gasteiger partial charge in [0.15, 0.2) is 0 Å². The first-order chi connectivity index (χ1) is 10.7. The molecule has 0 spiro atoms. The molecule has 2 N–H and O–H groups in total. The number of rotatable bonds is 2. The monoisotopic (exact) mass is 382 g/mol. The van der Waals surface area contributed by atoms with Crippen LogP contribution in [-0.4, -0.2) is 27.8 Å². The summed E-state index contributed by atoms with van der Waals surface area (Å²) in [6, 6.07) is 0. The molecule has 0 heterocycles. The van der Waals surface area contributed by atoms with Crippen LogP contribution in [0, 0.1) is 34.0 Å². The van der Waals surface area contributed by atoms with Crippen molar-refractivity contribution in [1.82, 2.24) is 0 Å². The van der Waals surface area contributed by atoms with Gasteiger partial charge in [0.25, 0.3) is 0 Å². The maximum atomic E-state index is 11.0. The van der Waals surface area contributed by atoms with Gasteiger partial charge in [-0.15, -0.1) is 0 Å². The predicted octanol–water partition coefficient (Wildman–Crippen LogP) is 4.29. The van der Waals surface area contributed by atoms with Gasteiger partial charge >= 0.3 is 0 Å². The zero-order chi connectivity index (χ0) is 16.6. The van der Waals surface area contributed by atoms with E-state index in [2.05, 4.69) is 42.8 Å². The van der Waals surface area contributed by atoms with Gasteiger partial charge in [0, 0.05) is 10.7 Å². The molecule has 0 saturated heterocycles. The Labute approximate surface area is 148 Å². The van der Waals surface area contributed by atoms with Crippen LogP contribution in [-0.2, 0) is 0 Å². The summed E-state index contributed by atoms with van der Waals surface area (Å²) in [7, 11) is 0. The van der Waals surface area contributed by atoms with Crippen molar-refractivity contribution in [1.29, 1.82) is 0 Å². The highest BCUT2D eigenvalue weighted by molar-refractivity contribution is 9.09. The van der Waals surface area contributed by atoms with Crippen molar-refractivity contribution in [3.8, 4) is 0 Å². The van der Waals surface area contributed by atoms with Crippen LogP contribution >= 0.6 is 15.9 Å². The molecule has 0 radical (unpaired) electrons. The highest BCUT2D eigenvalue weighted by atomic mass is 79.9. The van der Waals surface area contributed by atoms with Gasteiger partial charge < -0.3 is 10.2 Å². The molecule has 130 valence electrons. The van der Waals surface area contributed by atoms with Gasteiger partial charge in [-0.2, -0.15) is 0 Å². The summed E-state index contributed by atoms with van der Waals surface area (Å²) >= 11 is 3.68. The maximum absolute atomic E-state index is 11.0. The van der Waals surface area contributed by atoms with Gasteiger partial charge in [0.05, 0.1) is 12.7 Å². The summed E-state index contributed by atoms with van der Waals surface area (Å²) < 4.78 is 0. The lowest BCUT2D eigenvalue weighted by Crippen LogP contribution is -2.52. The number of halogens is 1. The molecule has 0 bridgehead atoms. The molecule has 3 fully saturated rings. The van der Waals surface area contributed by atoms with Crippen molar-refractivity contribution < 1.29 is 10.2 Å². The molecule has 0 aromatic rings. The first kappa shape index (κ1) is 16.6. The lowest BCUT2D eigenvalue weighted by atomic mass is 9.48. The van der Waals surface area contributed by atoms with E-state index in [0.29, 0.717) is 22.7 Å². The number of alkyl halides is 1. The normalized spacial score (nSPS) is 56.0. The predicted molar refractivity (Wildman–Crippen MR) is 96.4 cm³/mol. The third-order valence-corrected chi connectivity index (χ3v) is 9.82. The van der Waals surface area contributed by atoms with Gasteiger partial charge in [0.2, 0.25) is 0 Å². The number of allylic oxidation sites excluding steroid dienone is 1. The molecular formula is C20H31BrO2. The Morgan fingerprint density at radius 2 is 2.04 bits per heavy atom. The minimum Gasteiger partial charge on any atom is -0.395 e. The Kier molecular flexibility index (Phi) is 3.67. The second-order valence-corrected chi connectivity index (χ2v) is 10.8. The summed E-state index contributed by atoms with van der Waals surface area (Å²) in [4.78, 5) is 0.113. The van der Waals surface area contributed by atoms with Gasteiger partial charge in [-0.25, -0.2) is 0 Å². The largest absolute Gasteiger partial charge is 0.395 e. The van der Waals surface area contributed by atoms with Crippen molar-refractivity contribution in [3.63, 3.8) is 0 Å². The quantitative estimate of drug-likeness (QED) is 0.552. The van der Waals surface area contributed by atoms with Crippen LogP contribution in [0.4, 0.5) is 0 Å². The first-order valence-electron chi connectivity index (χ1n) is 9.38. The summed E-state index contributed by atoms with van der Waals surface area (Å²) in [6.07, 6.45) is 9.31. The highest BCUT2D eigenvalue weighted by Gasteiger charge is 2.66. The smallest absolute Gasteiger partial charge is 0.0609 e. The van der Waals surface area contributed by atoms with E-state index in [0.717, 1.165) is 25.2 Å². The van der Waals surface area contributed by atoms with Crippen LogP contribution in [0.3, 0.4) is 0 Å². The number of fused-ring (bicyclic) bond motifs is 5. The summed E-state index contributed by atoms with van der Waals surface area (Å²) in [5.74, 6) is 1.87. The molecule has 4 aliphatic rings. The fraction of sp³-hybridized carbons (Fsp3) is 0.900. The van der Waals surface area contributed by atoms with E-state index < -0.39 is 0 Å². The topological polar surface area (TPSA) is 40.5 Å². The van der Waals surface area contributed by atoms with Crippen molar-refractivity contribution >= 4 is 15.9 Å². The van der Waals surface area contributed by atoms with E-state index in [1.807, 2.05) is 0 Å². The standard InChI is InChI=1S/C20H31BrO2/c1-18(17(21)11-22)6-5-14-13(10-18)15(23)8-16-19(14,2)7-4-12-9-20(12,16)3/h5,12-13,15-17,22-23H,4,6-11H2,1-3H3. The maximum Gasteiger partial charge on any atom is 0.0609 e. The Morgan fingerprint density at radius 1 is 1.30 bits per heavy atom. The van der Waals surface area contributed by atoms with Gasteiger partial charge in [-0.3, -0.25) is 0 Å². The summed E-state index contributed by atoms with van der Waals surface area (Å²) in [5, 5.41) is 20.6. The molecule has 0 aromatic carbocycles. The van der Waals surface area contributed by atoms with Gasteiger partial charge in [-0.05, 0) is 66.6 Å². The molecule has 4 aliphatic carbocycles. The first-order valence-corrected chi connectivity index (χ1v) is 10.3. The lowest BCUT2D eigenvalue weighted by molar-refractivity contribution is -0.0481. The molecule has 0 aromatic heterocycles. The van der Waals surface area contributed by atoms with Crippen LogP contribution in [0.25, 0.3) is 0 Å². The molecule has 2 nitrogen and oxygen atoms in total. The summed E-state index contributed by atoms with van der Waals surface area (Å²) in [5.41, 5.74) is 2.40. The van der Waals surface area contributed by atoms with E-state index in [4.69, 9.17) is 0 Å². The SMILES string of the molecule is CC1(C(Br)CO)CC=C2C(C1)C(O)CC1C2(C)CCC2CC21C. The Hall–Kier alpha value is 0.140. The molecule has 4 rings (SSSR count). The summed E-state index contributed by atoms with van der Waals surface area (Å²) in [6.45, 7) is 7.39. The molecule has 3 saturated carbocycles.